The van der Waals surface area contributed by atoms with E-state index in [1.54, 1.807) is 12.1 Å². The average molecular weight is 418 g/mol. The molecule has 0 saturated carbocycles. The molecule has 2 N–H and O–H groups in total. The van der Waals surface area contributed by atoms with Crippen LogP contribution in [-0.4, -0.2) is 33.9 Å². The van der Waals surface area contributed by atoms with Gasteiger partial charge in [0.2, 0.25) is 5.91 Å². The van der Waals surface area contributed by atoms with E-state index < -0.39 is 30.2 Å². The van der Waals surface area contributed by atoms with Crippen LogP contribution in [0.2, 0.25) is 0 Å². The highest BCUT2D eigenvalue weighted by atomic mass is 19.1. The molecule has 0 unspecified atom stereocenters. The molecule has 1 saturated heterocycles. The van der Waals surface area contributed by atoms with E-state index in [-0.39, 0.29) is 11.4 Å². The Labute approximate surface area is 177 Å². The molecular formula is C23H19FN4O3. The van der Waals surface area contributed by atoms with Crippen LogP contribution in [0, 0.1) is 12.7 Å². The highest BCUT2D eigenvalue weighted by Crippen LogP contribution is 2.20. The average Bonchev–Trinajstić information content (AvgIpc) is 3.30. The largest absolute Gasteiger partial charge is 0.329 e. The zero-order chi connectivity index (χ0) is 22.0. The number of imide groups is 1. The lowest BCUT2D eigenvalue weighted by molar-refractivity contribution is -0.127. The van der Waals surface area contributed by atoms with Gasteiger partial charge >= 0.3 is 6.03 Å². The maximum absolute atomic E-state index is 13.7. The molecule has 156 valence electrons. The molecule has 1 aromatic heterocycles. The lowest BCUT2D eigenvalue weighted by atomic mass is 10.2. The predicted octanol–water partition coefficient (Wildman–Crippen LogP) is 3.46. The molecule has 0 atom stereocenters. The molecule has 0 spiro atoms. The molecule has 2 aromatic carbocycles. The van der Waals surface area contributed by atoms with Crippen molar-refractivity contribution in [3.63, 3.8) is 0 Å². The van der Waals surface area contributed by atoms with Crippen molar-refractivity contribution in [2.75, 3.05) is 11.9 Å². The minimum atomic E-state index is -0.714. The molecule has 1 aliphatic rings. The van der Waals surface area contributed by atoms with E-state index in [1.807, 2.05) is 54.1 Å². The van der Waals surface area contributed by atoms with Gasteiger partial charge in [-0.3, -0.25) is 9.59 Å². The van der Waals surface area contributed by atoms with Gasteiger partial charge in [0.15, 0.2) is 0 Å². The number of amides is 4. The third-order valence-electron chi connectivity index (χ3n) is 4.86. The number of hydrogen-bond donors (Lipinski definition) is 2. The Bertz CT molecular complexity index is 1210. The van der Waals surface area contributed by atoms with Gasteiger partial charge in [-0.15, -0.1) is 0 Å². The number of nitrogens with zero attached hydrogens (tertiary/aromatic N) is 2. The first-order valence-electron chi connectivity index (χ1n) is 9.56. The van der Waals surface area contributed by atoms with Crippen molar-refractivity contribution in [2.45, 2.75) is 6.92 Å². The van der Waals surface area contributed by atoms with E-state index in [1.165, 1.54) is 18.2 Å². The summed E-state index contributed by atoms with van der Waals surface area (Å²) in [6.45, 7) is 1.44. The number of anilines is 1. The van der Waals surface area contributed by atoms with Crippen LogP contribution in [0.5, 0.6) is 0 Å². The molecule has 3 aromatic rings. The van der Waals surface area contributed by atoms with E-state index >= 15 is 0 Å². The number of nitrogens with one attached hydrogen (secondary N) is 2. The van der Waals surface area contributed by atoms with Crippen molar-refractivity contribution in [1.82, 2.24) is 14.8 Å². The third kappa shape index (κ3) is 4.09. The SMILES string of the molecule is Cc1ccccc1-n1cccc1/C=C1/NC(=O)N(CC(=O)Nc2ccccc2F)C1=O. The Kier molecular flexibility index (Phi) is 5.36. The fourth-order valence-corrected chi connectivity index (χ4v) is 3.32. The normalized spacial score (nSPS) is 14.8. The van der Waals surface area contributed by atoms with Gasteiger partial charge in [0.05, 0.1) is 5.69 Å². The van der Waals surface area contributed by atoms with Crippen LogP contribution >= 0.6 is 0 Å². The minimum absolute atomic E-state index is 0.0219. The summed E-state index contributed by atoms with van der Waals surface area (Å²) >= 11 is 0. The van der Waals surface area contributed by atoms with Gasteiger partial charge in [-0.2, -0.15) is 0 Å². The molecule has 31 heavy (non-hydrogen) atoms. The summed E-state index contributed by atoms with van der Waals surface area (Å²) in [5, 5.41) is 4.86. The van der Waals surface area contributed by atoms with Crippen molar-refractivity contribution >= 4 is 29.6 Å². The second-order valence-corrected chi connectivity index (χ2v) is 7.00. The summed E-state index contributed by atoms with van der Waals surface area (Å²) < 4.78 is 15.6. The van der Waals surface area contributed by atoms with Crippen LogP contribution < -0.4 is 10.6 Å². The van der Waals surface area contributed by atoms with Gasteiger partial charge in [-0.05, 0) is 48.9 Å². The van der Waals surface area contributed by atoms with Gasteiger partial charge in [0.1, 0.15) is 18.1 Å². The van der Waals surface area contributed by atoms with Gasteiger partial charge in [0.25, 0.3) is 5.91 Å². The Morgan fingerprint density at radius 1 is 1.06 bits per heavy atom. The first-order chi connectivity index (χ1) is 14.9. The second-order valence-electron chi connectivity index (χ2n) is 7.00. The Morgan fingerprint density at radius 2 is 1.81 bits per heavy atom. The number of para-hydroxylation sites is 2. The lowest BCUT2D eigenvalue weighted by Gasteiger charge is -2.12. The number of rotatable bonds is 5. The maximum Gasteiger partial charge on any atom is 0.329 e. The molecule has 1 fully saturated rings. The van der Waals surface area contributed by atoms with E-state index in [2.05, 4.69) is 10.6 Å². The first kappa shape index (κ1) is 20.1. The van der Waals surface area contributed by atoms with Gasteiger partial charge in [-0.1, -0.05) is 30.3 Å². The van der Waals surface area contributed by atoms with Crippen molar-refractivity contribution in [2.24, 2.45) is 0 Å². The highest BCUT2D eigenvalue weighted by molar-refractivity contribution is 6.15. The third-order valence-corrected chi connectivity index (χ3v) is 4.86. The zero-order valence-electron chi connectivity index (χ0n) is 16.6. The quantitative estimate of drug-likeness (QED) is 0.492. The van der Waals surface area contributed by atoms with E-state index in [4.69, 9.17) is 0 Å². The standard InChI is InChI=1S/C23H19FN4O3/c1-15-7-2-5-11-20(15)27-12-6-8-16(27)13-19-22(30)28(23(31)26-19)14-21(29)25-18-10-4-3-9-17(18)24/h2-13H,14H2,1H3,(H,25,29)(H,26,31)/b19-13+. The Balaban J connectivity index is 1.52. The maximum atomic E-state index is 13.7. The molecule has 8 heteroatoms. The topological polar surface area (TPSA) is 83.4 Å². The lowest BCUT2D eigenvalue weighted by Crippen LogP contribution is -2.38. The number of aromatic nitrogens is 1. The number of urea groups is 1. The zero-order valence-corrected chi connectivity index (χ0v) is 16.6. The van der Waals surface area contributed by atoms with E-state index in [0.717, 1.165) is 16.2 Å². The molecule has 1 aliphatic heterocycles. The van der Waals surface area contributed by atoms with Gasteiger partial charge in [-0.25, -0.2) is 14.1 Å². The summed E-state index contributed by atoms with van der Waals surface area (Å²) in [4.78, 5) is 38.0. The highest BCUT2D eigenvalue weighted by Gasteiger charge is 2.35. The van der Waals surface area contributed by atoms with Crippen molar-refractivity contribution in [1.29, 1.82) is 0 Å². The predicted molar refractivity (Wildman–Crippen MR) is 114 cm³/mol. The van der Waals surface area contributed by atoms with Crippen molar-refractivity contribution < 1.29 is 18.8 Å². The van der Waals surface area contributed by atoms with Gasteiger partial charge < -0.3 is 15.2 Å². The number of benzene rings is 2. The molecule has 2 heterocycles. The molecular weight excluding hydrogens is 399 g/mol. The summed E-state index contributed by atoms with van der Waals surface area (Å²) in [5.74, 6) is -1.92. The Hall–Kier alpha value is -4.20. The molecule has 4 amide bonds. The monoisotopic (exact) mass is 418 g/mol. The molecule has 7 nitrogen and oxygen atoms in total. The summed E-state index contributed by atoms with van der Waals surface area (Å²) in [5.41, 5.74) is 2.71. The molecule has 0 radical (unpaired) electrons. The molecule has 4 rings (SSSR count). The summed E-state index contributed by atoms with van der Waals surface area (Å²) in [6, 6.07) is 16.4. The van der Waals surface area contributed by atoms with Crippen LogP contribution in [0.3, 0.4) is 0 Å². The fraction of sp³-hybridized carbons (Fsp3) is 0.0870. The van der Waals surface area contributed by atoms with Crippen LogP contribution in [0.1, 0.15) is 11.3 Å². The number of halogens is 1. The van der Waals surface area contributed by atoms with Crippen molar-refractivity contribution in [3.8, 4) is 5.69 Å². The minimum Gasteiger partial charge on any atom is -0.322 e. The number of aryl methyl sites for hydroxylation is 1. The van der Waals surface area contributed by atoms with Crippen LogP contribution in [0.25, 0.3) is 11.8 Å². The molecule has 0 aliphatic carbocycles. The van der Waals surface area contributed by atoms with E-state index in [0.29, 0.717) is 5.69 Å². The van der Waals surface area contributed by atoms with E-state index in [9.17, 15) is 18.8 Å². The van der Waals surface area contributed by atoms with Crippen LogP contribution in [0.15, 0.2) is 72.6 Å². The summed E-state index contributed by atoms with van der Waals surface area (Å²) in [7, 11) is 0. The number of carbonyl (C=O) groups excluding carboxylic acids is 3. The van der Waals surface area contributed by atoms with Crippen LogP contribution in [-0.2, 0) is 9.59 Å². The smallest absolute Gasteiger partial charge is 0.322 e. The molecule has 0 bridgehead atoms. The second kappa shape index (κ2) is 8.27. The summed E-state index contributed by atoms with van der Waals surface area (Å²) in [6.07, 6.45) is 3.41. The first-order valence-corrected chi connectivity index (χ1v) is 9.56. The number of hydrogen-bond acceptors (Lipinski definition) is 3. The number of carbonyl (C=O) groups is 3. The van der Waals surface area contributed by atoms with Gasteiger partial charge in [0, 0.05) is 17.6 Å². The van der Waals surface area contributed by atoms with Crippen LogP contribution in [0.4, 0.5) is 14.9 Å². The van der Waals surface area contributed by atoms with Crippen molar-refractivity contribution in [3.05, 3.63) is 89.6 Å². The Morgan fingerprint density at radius 3 is 2.58 bits per heavy atom. The fourth-order valence-electron chi connectivity index (χ4n) is 3.32.